The Balaban J connectivity index is 2.13. The summed E-state index contributed by atoms with van der Waals surface area (Å²) in [6, 6.07) is 6.51. The number of hydrogen-bond acceptors (Lipinski definition) is 5. The van der Waals surface area contributed by atoms with Gasteiger partial charge in [-0.2, -0.15) is 0 Å². The molecule has 124 valence electrons. The first-order valence-electron chi connectivity index (χ1n) is 7.10. The summed E-state index contributed by atoms with van der Waals surface area (Å²) >= 11 is 2.04. The van der Waals surface area contributed by atoms with Crippen LogP contribution in [0.25, 0.3) is 11.5 Å². The molecule has 1 N–H and O–H groups in total. The summed E-state index contributed by atoms with van der Waals surface area (Å²) in [7, 11) is 1.72. The molecule has 0 saturated heterocycles. The van der Waals surface area contributed by atoms with Crippen molar-refractivity contribution in [3.8, 4) is 11.5 Å². The highest BCUT2D eigenvalue weighted by atomic mass is 127. The number of Topliss-reactive ketones (excluding diaryl/α,β-unsaturated/α-hetero) is 1. The van der Waals surface area contributed by atoms with E-state index in [-0.39, 0.29) is 17.5 Å². The van der Waals surface area contributed by atoms with E-state index in [0.717, 1.165) is 3.57 Å². The number of hydrogen-bond donors (Lipinski definition) is 1. The van der Waals surface area contributed by atoms with E-state index < -0.39 is 0 Å². The molecular formula is C16H14FIN4O2. The molecule has 0 unspecified atom stereocenters. The molecule has 6 nitrogen and oxygen atoms in total. The number of aryl methyl sites for hydroxylation is 1. The smallest absolute Gasteiger partial charge is 0.251 e. The van der Waals surface area contributed by atoms with Gasteiger partial charge in [0.05, 0.1) is 16.9 Å². The van der Waals surface area contributed by atoms with Gasteiger partial charge in [0.25, 0.3) is 5.89 Å². The van der Waals surface area contributed by atoms with E-state index in [0.29, 0.717) is 28.7 Å². The second kappa shape index (κ2) is 6.34. The zero-order valence-electron chi connectivity index (χ0n) is 13.2. The maximum atomic E-state index is 14.2. The van der Waals surface area contributed by atoms with Crippen LogP contribution in [0.5, 0.6) is 0 Å². The molecule has 0 amide bonds. The van der Waals surface area contributed by atoms with Gasteiger partial charge in [-0.05, 0) is 46.9 Å². The molecule has 2 heterocycles. The minimum absolute atomic E-state index is 0.119. The van der Waals surface area contributed by atoms with Gasteiger partial charge in [0.15, 0.2) is 5.78 Å². The predicted molar refractivity (Wildman–Crippen MR) is 95.8 cm³/mol. The predicted octanol–water partition coefficient (Wildman–Crippen LogP) is 4.07. The number of carbonyl (C=O) groups is 1. The Labute approximate surface area is 151 Å². The van der Waals surface area contributed by atoms with Crippen LogP contribution >= 0.6 is 22.6 Å². The summed E-state index contributed by atoms with van der Waals surface area (Å²) in [6.45, 7) is 3.14. The Morgan fingerprint density at radius 2 is 2.08 bits per heavy atom. The lowest BCUT2D eigenvalue weighted by molar-refractivity contribution is 0.101. The van der Waals surface area contributed by atoms with Crippen LogP contribution < -0.4 is 5.32 Å². The fraction of sp³-hybridized carbons (Fsp3) is 0.188. The third kappa shape index (κ3) is 3.05. The fourth-order valence-electron chi connectivity index (χ4n) is 2.38. The van der Waals surface area contributed by atoms with Gasteiger partial charge in [-0.15, -0.1) is 10.2 Å². The molecule has 0 aliphatic rings. The van der Waals surface area contributed by atoms with E-state index >= 15 is 0 Å². The van der Waals surface area contributed by atoms with Crippen LogP contribution in [0.3, 0.4) is 0 Å². The molecule has 0 atom stereocenters. The van der Waals surface area contributed by atoms with Gasteiger partial charge in [-0.3, -0.25) is 4.79 Å². The van der Waals surface area contributed by atoms with Gasteiger partial charge in [-0.25, -0.2) is 4.39 Å². The molecule has 0 spiro atoms. The standard InChI is InChI=1S/C16H14FIN4O2/c1-8(23)14-7-11(16-21-20-9(2)24-16)15(22(14)3)19-13-5-4-10(18)6-12(13)17/h4-7,19H,1-3H3. The van der Waals surface area contributed by atoms with Crippen molar-refractivity contribution < 1.29 is 13.6 Å². The lowest BCUT2D eigenvalue weighted by Gasteiger charge is -2.11. The molecule has 3 rings (SSSR count). The van der Waals surface area contributed by atoms with Gasteiger partial charge in [0.1, 0.15) is 11.6 Å². The monoisotopic (exact) mass is 440 g/mol. The zero-order valence-corrected chi connectivity index (χ0v) is 15.4. The second-order valence-electron chi connectivity index (χ2n) is 5.28. The molecular weight excluding hydrogens is 426 g/mol. The van der Waals surface area contributed by atoms with Crippen LogP contribution in [0.2, 0.25) is 0 Å². The second-order valence-corrected chi connectivity index (χ2v) is 6.53. The number of halogens is 2. The summed E-state index contributed by atoms with van der Waals surface area (Å²) in [5.41, 5.74) is 1.29. The lowest BCUT2D eigenvalue weighted by Crippen LogP contribution is -2.06. The number of ketones is 1. The minimum Gasteiger partial charge on any atom is -0.421 e. The van der Waals surface area contributed by atoms with Crippen molar-refractivity contribution in [3.63, 3.8) is 0 Å². The molecule has 24 heavy (non-hydrogen) atoms. The van der Waals surface area contributed by atoms with Gasteiger partial charge >= 0.3 is 0 Å². The summed E-state index contributed by atoms with van der Waals surface area (Å²) in [6.07, 6.45) is 0. The Morgan fingerprint density at radius 3 is 2.67 bits per heavy atom. The van der Waals surface area contributed by atoms with Gasteiger partial charge in [0, 0.05) is 24.5 Å². The molecule has 1 aromatic carbocycles. The molecule has 3 aromatic rings. The summed E-state index contributed by atoms with van der Waals surface area (Å²) in [5, 5.41) is 10.8. The van der Waals surface area contributed by atoms with Gasteiger partial charge in [-0.1, -0.05) is 0 Å². The number of carbonyl (C=O) groups excluding carboxylic acids is 1. The van der Waals surface area contributed by atoms with Crippen LogP contribution in [0.4, 0.5) is 15.9 Å². The van der Waals surface area contributed by atoms with E-state index in [1.807, 2.05) is 22.6 Å². The average Bonchev–Trinajstić information content (AvgIpc) is 3.06. The number of aromatic nitrogens is 3. The maximum absolute atomic E-state index is 14.2. The topological polar surface area (TPSA) is 72.9 Å². The van der Waals surface area contributed by atoms with Crippen molar-refractivity contribution in [2.24, 2.45) is 7.05 Å². The number of anilines is 2. The van der Waals surface area contributed by atoms with E-state index in [4.69, 9.17) is 4.42 Å². The van der Waals surface area contributed by atoms with Crippen LogP contribution in [-0.2, 0) is 7.05 Å². The Kier molecular flexibility index (Phi) is 4.39. The molecule has 0 aliphatic carbocycles. The van der Waals surface area contributed by atoms with Gasteiger partial charge in [0.2, 0.25) is 5.89 Å². The Hall–Kier alpha value is -2.23. The number of benzene rings is 1. The van der Waals surface area contributed by atoms with Crippen molar-refractivity contribution >= 4 is 39.9 Å². The van der Waals surface area contributed by atoms with E-state index in [1.54, 1.807) is 36.7 Å². The molecule has 0 fully saturated rings. The first-order valence-corrected chi connectivity index (χ1v) is 8.18. The first kappa shape index (κ1) is 16.6. The molecule has 0 bridgehead atoms. The van der Waals surface area contributed by atoms with Crippen LogP contribution in [0, 0.1) is 16.3 Å². The first-order chi connectivity index (χ1) is 11.4. The van der Waals surface area contributed by atoms with E-state index in [9.17, 15) is 9.18 Å². The highest BCUT2D eigenvalue weighted by Gasteiger charge is 2.21. The molecule has 8 heteroatoms. The largest absolute Gasteiger partial charge is 0.421 e. The average molecular weight is 440 g/mol. The lowest BCUT2D eigenvalue weighted by atomic mass is 10.2. The minimum atomic E-state index is -0.389. The SMILES string of the molecule is CC(=O)c1cc(-c2nnc(C)o2)c(Nc2ccc(I)cc2F)n1C. The normalized spacial score (nSPS) is 10.9. The van der Waals surface area contributed by atoms with E-state index in [2.05, 4.69) is 15.5 Å². The fourth-order valence-corrected chi connectivity index (χ4v) is 2.83. The Morgan fingerprint density at radius 1 is 1.33 bits per heavy atom. The summed E-state index contributed by atoms with van der Waals surface area (Å²) < 4.78 is 22.1. The van der Waals surface area contributed by atoms with Crippen molar-refractivity contribution in [1.82, 2.24) is 14.8 Å². The van der Waals surface area contributed by atoms with Gasteiger partial charge < -0.3 is 14.3 Å². The zero-order chi connectivity index (χ0) is 17.4. The maximum Gasteiger partial charge on any atom is 0.251 e. The van der Waals surface area contributed by atoms with Crippen molar-refractivity contribution in [1.29, 1.82) is 0 Å². The van der Waals surface area contributed by atoms with Crippen LogP contribution in [0.15, 0.2) is 28.7 Å². The Bertz CT molecular complexity index is 932. The number of nitrogens with zero attached hydrogens (tertiary/aromatic N) is 3. The number of nitrogens with one attached hydrogen (secondary N) is 1. The highest BCUT2D eigenvalue weighted by Crippen LogP contribution is 2.33. The molecule has 0 radical (unpaired) electrons. The molecule has 2 aromatic heterocycles. The van der Waals surface area contributed by atoms with Crippen molar-refractivity contribution in [2.45, 2.75) is 13.8 Å². The highest BCUT2D eigenvalue weighted by molar-refractivity contribution is 14.1. The van der Waals surface area contributed by atoms with Crippen molar-refractivity contribution in [2.75, 3.05) is 5.32 Å². The van der Waals surface area contributed by atoms with Crippen LogP contribution in [-0.4, -0.2) is 20.5 Å². The third-order valence-electron chi connectivity index (χ3n) is 3.53. The van der Waals surface area contributed by atoms with E-state index in [1.165, 1.54) is 13.0 Å². The summed E-state index contributed by atoms with van der Waals surface area (Å²) in [4.78, 5) is 11.8. The third-order valence-corrected chi connectivity index (χ3v) is 4.21. The summed E-state index contributed by atoms with van der Waals surface area (Å²) in [5.74, 6) is 0.670. The molecule has 0 saturated carbocycles. The quantitative estimate of drug-likeness (QED) is 0.489. The molecule has 0 aliphatic heterocycles. The van der Waals surface area contributed by atoms with Crippen LogP contribution in [0.1, 0.15) is 23.3 Å². The van der Waals surface area contributed by atoms with Crippen molar-refractivity contribution in [3.05, 3.63) is 45.2 Å². The number of rotatable bonds is 4.